The van der Waals surface area contributed by atoms with Crippen molar-refractivity contribution in [2.75, 3.05) is 6.61 Å². The van der Waals surface area contributed by atoms with Crippen LogP contribution in [0.5, 0.6) is 0 Å². The fourth-order valence-corrected chi connectivity index (χ4v) is 1.76. The van der Waals surface area contributed by atoms with E-state index in [0.29, 0.717) is 13.1 Å². The van der Waals surface area contributed by atoms with Crippen LogP contribution < -0.4 is 0 Å². The molecule has 0 radical (unpaired) electrons. The minimum atomic E-state index is 0.0950. The molecule has 0 saturated carbocycles. The Labute approximate surface area is 94.1 Å². The summed E-state index contributed by atoms with van der Waals surface area (Å²) in [5.74, 6) is 0.0950. The lowest BCUT2D eigenvalue weighted by Gasteiger charge is -2.14. The lowest BCUT2D eigenvalue weighted by Crippen LogP contribution is -2.08. The minimum absolute atomic E-state index is 0.0950. The lowest BCUT2D eigenvalue weighted by atomic mass is 9.94. The quantitative estimate of drug-likeness (QED) is 0.778. The fraction of sp³-hybridized carbons (Fsp3) is 0.154. The van der Waals surface area contributed by atoms with Gasteiger partial charge < -0.3 is 9.72 Å². The third-order valence-electron chi connectivity index (χ3n) is 2.56. The van der Waals surface area contributed by atoms with Gasteiger partial charge in [-0.25, -0.2) is 0 Å². The average Bonchev–Trinajstić information content (AvgIpc) is 2.85. The number of benzene rings is 1. The van der Waals surface area contributed by atoms with Crippen LogP contribution in [0.3, 0.4) is 0 Å². The van der Waals surface area contributed by atoms with E-state index in [1.165, 1.54) is 0 Å². The van der Waals surface area contributed by atoms with Crippen LogP contribution in [0.15, 0.2) is 48.8 Å². The van der Waals surface area contributed by atoms with Crippen molar-refractivity contribution >= 4 is 6.47 Å². The molecule has 0 aliphatic rings. The first-order valence-corrected chi connectivity index (χ1v) is 5.14. The van der Waals surface area contributed by atoms with Gasteiger partial charge in [-0.15, -0.1) is 0 Å². The predicted molar refractivity (Wildman–Crippen MR) is 61.1 cm³/mol. The Bertz CT molecular complexity index is 422. The van der Waals surface area contributed by atoms with E-state index in [2.05, 4.69) is 4.98 Å². The Morgan fingerprint density at radius 3 is 2.62 bits per heavy atom. The molecule has 0 spiro atoms. The summed E-state index contributed by atoms with van der Waals surface area (Å²) in [5, 5.41) is 0. The molecule has 3 nitrogen and oxygen atoms in total. The summed E-state index contributed by atoms with van der Waals surface area (Å²) in [6, 6.07) is 12.0. The minimum Gasteiger partial charge on any atom is -0.467 e. The number of ether oxygens (including phenoxy) is 1. The third-order valence-corrected chi connectivity index (χ3v) is 2.56. The first kappa shape index (κ1) is 10.5. The molecule has 0 bridgehead atoms. The normalized spacial score (nSPS) is 12.0. The molecule has 1 aromatic heterocycles. The number of aromatic nitrogens is 1. The number of hydrogen-bond donors (Lipinski definition) is 1. The van der Waals surface area contributed by atoms with E-state index in [0.717, 1.165) is 11.1 Å². The van der Waals surface area contributed by atoms with E-state index in [-0.39, 0.29) is 5.92 Å². The van der Waals surface area contributed by atoms with Crippen LogP contribution >= 0.6 is 0 Å². The summed E-state index contributed by atoms with van der Waals surface area (Å²) >= 11 is 0. The number of nitrogens with one attached hydrogen (secondary N) is 1. The van der Waals surface area contributed by atoms with Gasteiger partial charge >= 0.3 is 0 Å². The van der Waals surface area contributed by atoms with Crippen LogP contribution in [0.25, 0.3) is 0 Å². The topological polar surface area (TPSA) is 42.1 Å². The van der Waals surface area contributed by atoms with Gasteiger partial charge in [-0.2, -0.15) is 0 Å². The molecular formula is C13H13NO2. The van der Waals surface area contributed by atoms with Crippen molar-refractivity contribution in [2.24, 2.45) is 0 Å². The molecule has 16 heavy (non-hydrogen) atoms. The number of carbonyl (C=O) groups excluding carboxylic acids is 1. The van der Waals surface area contributed by atoms with Crippen molar-refractivity contribution < 1.29 is 9.53 Å². The standard InChI is InChI=1S/C13H13NO2/c15-10-16-9-13(12-6-7-14-8-12)11-4-2-1-3-5-11/h1-8,10,13-14H,9H2. The van der Waals surface area contributed by atoms with Gasteiger partial charge in [0.15, 0.2) is 0 Å². The first-order chi connectivity index (χ1) is 7.92. The maximum atomic E-state index is 10.3. The fourth-order valence-electron chi connectivity index (χ4n) is 1.76. The number of carbonyl (C=O) groups is 1. The van der Waals surface area contributed by atoms with Gasteiger partial charge in [0, 0.05) is 18.3 Å². The van der Waals surface area contributed by atoms with Gasteiger partial charge in [0.2, 0.25) is 0 Å². The van der Waals surface area contributed by atoms with Gasteiger partial charge in [-0.1, -0.05) is 30.3 Å². The monoisotopic (exact) mass is 215 g/mol. The summed E-state index contributed by atoms with van der Waals surface area (Å²) in [4.78, 5) is 13.3. The molecule has 3 heteroatoms. The van der Waals surface area contributed by atoms with Crippen LogP contribution in [-0.4, -0.2) is 18.1 Å². The summed E-state index contributed by atoms with van der Waals surface area (Å²) in [5.41, 5.74) is 2.26. The Morgan fingerprint density at radius 1 is 1.19 bits per heavy atom. The summed E-state index contributed by atoms with van der Waals surface area (Å²) in [6.07, 6.45) is 3.79. The molecule has 1 aromatic carbocycles. The predicted octanol–water partition coefficient (Wildman–Crippen LogP) is 2.32. The zero-order valence-electron chi connectivity index (χ0n) is 8.80. The highest BCUT2D eigenvalue weighted by Gasteiger charge is 2.14. The van der Waals surface area contributed by atoms with Crippen LogP contribution in [0.4, 0.5) is 0 Å². The second-order valence-electron chi connectivity index (χ2n) is 3.54. The lowest BCUT2D eigenvalue weighted by molar-refractivity contribution is -0.128. The average molecular weight is 215 g/mol. The highest BCUT2D eigenvalue weighted by molar-refractivity contribution is 5.38. The molecule has 0 amide bonds. The van der Waals surface area contributed by atoms with Crippen molar-refractivity contribution in [3.05, 3.63) is 59.9 Å². The SMILES string of the molecule is O=COCC(c1ccccc1)c1cc[nH]c1. The van der Waals surface area contributed by atoms with Gasteiger partial charge in [-0.3, -0.25) is 4.79 Å². The summed E-state index contributed by atoms with van der Waals surface area (Å²) in [6.45, 7) is 0.855. The van der Waals surface area contributed by atoms with Crippen LogP contribution in [-0.2, 0) is 9.53 Å². The van der Waals surface area contributed by atoms with Crippen molar-refractivity contribution in [3.8, 4) is 0 Å². The number of hydrogen-bond acceptors (Lipinski definition) is 2. The molecule has 2 aromatic rings. The molecule has 1 N–H and O–H groups in total. The second kappa shape index (κ2) is 5.16. The van der Waals surface area contributed by atoms with E-state index in [4.69, 9.17) is 4.74 Å². The van der Waals surface area contributed by atoms with E-state index in [1.54, 1.807) is 0 Å². The zero-order chi connectivity index (χ0) is 11.2. The molecule has 0 saturated heterocycles. The maximum Gasteiger partial charge on any atom is 0.293 e. The van der Waals surface area contributed by atoms with Gasteiger partial charge in [-0.05, 0) is 17.2 Å². The molecule has 82 valence electrons. The van der Waals surface area contributed by atoms with Gasteiger partial charge in [0.25, 0.3) is 6.47 Å². The van der Waals surface area contributed by atoms with E-state index in [1.807, 2.05) is 48.8 Å². The number of rotatable bonds is 5. The number of aromatic amines is 1. The molecule has 0 aliphatic carbocycles. The smallest absolute Gasteiger partial charge is 0.293 e. The first-order valence-electron chi connectivity index (χ1n) is 5.14. The third kappa shape index (κ3) is 2.31. The van der Waals surface area contributed by atoms with Gasteiger partial charge in [0.1, 0.15) is 6.61 Å². The van der Waals surface area contributed by atoms with Crippen molar-refractivity contribution in [3.63, 3.8) is 0 Å². The van der Waals surface area contributed by atoms with Crippen molar-refractivity contribution in [2.45, 2.75) is 5.92 Å². The number of H-pyrrole nitrogens is 1. The molecule has 0 fully saturated rings. The highest BCUT2D eigenvalue weighted by Crippen LogP contribution is 2.24. The van der Waals surface area contributed by atoms with Crippen LogP contribution in [0.1, 0.15) is 17.0 Å². The largest absolute Gasteiger partial charge is 0.467 e. The highest BCUT2D eigenvalue weighted by atomic mass is 16.5. The Hall–Kier alpha value is -2.03. The second-order valence-corrected chi connectivity index (χ2v) is 3.54. The molecule has 1 unspecified atom stereocenters. The van der Waals surface area contributed by atoms with Crippen LogP contribution in [0, 0.1) is 0 Å². The van der Waals surface area contributed by atoms with Gasteiger partial charge in [0.05, 0.1) is 0 Å². The Kier molecular flexibility index (Phi) is 3.38. The van der Waals surface area contributed by atoms with E-state index >= 15 is 0 Å². The molecule has 1 heterocycles. The molecule has 0 aliphatic heterocycles. The Morgan fingerprint density at radius 2 is 2.00 bits per heavy atom. The summed E-state index contributed by atoms with van der Waals surface area (Å²) in [7, 11) is 0. The van der Waals surface area contributed by atoms with Crippen LogP contribution in [0.2, 0.25) is 0 Å². The molecule has 1 atom stereocenters. The van der Waals surface area contributed by atoms with E-state index < -0.39 is 0 Å². The van der Waals surface area contributed by atoms with E-state index in [9.17, 15) is 4.79 Å². The Balaban J connectivity index is 2.25. The maximum absolute atomic E-state index is 10.3. The summed E-state index contributed by atoms with van der Waals surface area (Å²) < 4.78 is 4.88. The van der Waals surface area contributed by atoms with Crippen molar-refractivity contribution in [1.29, 1.82) is 0 Å². The molecule has 2 rings (SSSR count). The molecular weight excluding hydrogens is 202 g/mol. The zero-order valence-corrected chi connectivity index (χ0v) is 8.80. The van der Waals surface area contributed by atoms with Crippen molar-refractivity contribution in [1.82, 2.24) is 4.98 Å².